The smallest absolute Gasteiger partial charge is 0.339 e. The van der Waals surface area contributed by atoms with Gasteiger partial charge in [0.1, 0.15) is 0 Å². The van der Waals surface area contributed by atoms with Crippen molar-refractivity contribution in [3.05, 3.63) is 41.1 Å². The molecular weight excluding hydrogens is 376 g/mol. The molecule has 1 aromatic carbocycles. The zero-order valence-electron chi connectivity index (χ0n) is 19.0. The molecule has 5 heteroatoms. The molecule has 30 heavy (non-hydrogen) atoms. The van der Waals surface area contributed by atoms with Gasteiger partial charge in [-0.3, -0.25) is 9.78 Å². The third-order valence-electron chi connectivity index (χ3n) is 6.41. The predicted molar refractivity (Wildman–Crippen MR) is 119 cm³/mol. The lowest BCUT2D eigenvalue weighted by molar-refractivity contribution is -0.125. The molecule has 2 aromatic rings. The standard InChI is InChI=1S/C25H34N2O3/c1-15(2)16(3)26-22(28)14-30-24(29)23-18-9-7-8-10-20(18)27-21-12-11-17(13-19(21)23)25(4,5)6/h7-10,15-17H,11-14H2,1-6H3,(H,26,28)/t16-,17-/m0/s1. The molecular formula is C25H34N2O3. The summed E-state index contributed by atoms with van der Waals surface area (Å²) in [5.74, 6) is 0.0703. The Labute approximate surface area is 179 Å². The van der Waals surface area contributed by atoms with Crippen molar-refractivity contribution in [1.82, 2.24) is 10.3 Å². The molecule has 2 atom stereocenters. The number of benzene rings is 1. The maximum absolute atomic E-state index is 13.2. The fourth-order valence-electron chi connectivity index (χ4n) is 4.03. The Kier molecular flexibility index (Phi) is 6.49. The van der Waals surface area contributed by atoms with Gasteiger partial charge in [-0.15, -0.1) is 0 Å². The lowest BCUT2D eigenvalue weighted by Gasteiger charge is -2.35. The maximum Gasteiger partial charge on any atom is 0.339 e. The molecule has 1 heterocycles. The SMILES string of the molecule is CC(C)[C@H](C)NC(=O)COC(=O)c1c2c(nc3ccccc13)CC[C@H](C(C)(C)C)C2. The summed E-state index contributed by atoms with van der Waals surface area (Å²) >= 11 is 0. The minimum atomic E-state index is -0.438. The van der Waals surface area contributed by atoms with Crippen LogP contribution >= 0.6 is 0 Å². The summed E-state index contributed by atoms with van der Waals surface area (Å²) in [6, 6.07) is 7.71. The summed E-state index contributed by atoms with van der Waals surface area (Å²) in [6.45, 7) is 12.5. The van der Waals surface area contributed by atoms with E-state index in [1.54, 1.807) is 0 Å². The molecule has 3 rings (SSSR count). The highest BCUT2D eigenvalue weighted by molar-refractivity contribution is 6.05. The summed E-state index contributed by atoms with van der Waals surface area (Å²) in [4.78, 5) is 30.3. The largest absolute Gasteiger partial charge is 0.452 e. The highest BCUT2D eigenvalue weighted by Gasteiger charge is 2.33. The van der Waals surface area contributed by atoms with E-state index in [1.165, 1.54) is 0 Å². The van der Waals surface area contributed by atoms with Gasteiger partial charge < -0.3 is 10.1 Å². The zero-order chi connectivity index (χ0) is 22.1. The Hall–Kier alpha value is -2.43. The summed E-state index contributed by atoms with van der Waals surface area (Å²) in [5, 5.41) is 3.68. The van der Waals surface area contributed by atoms with Crippen LogP contribution in [0, 0.1) is 17.3 Å². The van der Waals surface area contributed by atoms with Crippen LogP contribution in [0.2, 0.25) is 0 Å². The topological polar surface area (TPSA) is 68.3 Å². The third kappa shape index (κ3) is 4.82. The van der Waals surface area contributed by atoms with Crippen LogP contribution in [0.25, 0.3) is 10.9 Å². The second kappa shape index (κ2) is 8.75. The van der Waals surface area contributed by atoms with Crippen LogP contribution in [-0.4, -0.2) is 29.5 Å². The number of hydrogen-bond acceptors (Lipinski definition) is 4. The first-order valence-corrected chi connectivity index (χ1v) is 10.9. The number of rotatable bonds is 5. The van der Waals surface area contributed by atoms with Gasteiger partial charge in [-0.2, -0.15) is 0 Å². The van der Waals surface area contributed by atoms with Gasteiger partial charge in [0.2, 0.25) is 0 Å². The van der Waals surface area contributed by atoms with E-state index in [0.29, 0.717) is 17.4 Å². The van der Waals surface area contributed by atoms with Crippen molar-refractivity contribution in [2.75, 3.05) is 6.61 Å². The second-order valence-corrected chi connectivity index (χ2v) is 9.91. The number of carbonyl (C=O) groups is 2. The zero-order valence-corrected chi connectivity index (χ0v) is 19.0. The molecule has 0 radical (unpaired) electrons. The Bertz CT molecular complexity index is 943. The average Bonchev–Trinajstić information content (AvgIpc) is 2.68. The molecule has 0 saturated carbocycles. The summed E-state index contributed by atoms with van der Waals surface area (Å²) < 4.78 is 5.49. The molecule has 0 spiro atoms. The van der Waals surface area contributed by atoms with E-state index < -0.39 is 5.97 Å². The van der Waals surface area contributed by atoms with Crippen molar-refractivity contribution in [1.29, 1.82) is 0 Å². The van der Waals surface area contributed by atoms with Crippen molar-refractivity contribution >= 4 is 22.8 Å². The number of para-hydroxylation sites is 1. The van der Waals surface area contributed by atoms with Crippen LogP contribution in [0.4, 0.5) is 0 Å². The van der Waals surface area contributed by atoms with Crippen molar-refractivity contribution in [3.63, 3.8) is 0 Å². The molecule has 0 bridgehead atoms. The van der Waals surface area contributed by atoms with E-state index in [4.69, 9.17) is 9.72 Å². The van der Waals surface area contributed by atoms with Crippen molar-refractivity contribution in [3.8, 4) is 0 Å². The molecule has 162 valence electrons. The van der Waals surface area contributed by atoms with Gasteiger partial charge in [0, 0.05) is 17.1 Å². The van der Waals surface area contributed by atoms with Crippen LogP contribution in [0.1, 0.15) is 69.6 Å². The molecule has 1 aliphatic rings. The summed E-state index contributed by atoms with van der Waals surface area (Å²) in [7, 11) is 0. The quantitative estimate of drug-likeness (QED) is 0.725. The average molecular weight is 411 g/mol. The molecule has 0 unspecified atom stereocenters. The van der Waals surface area contributed by atoms with E-state index in [0.717, 1.165) is 41.4 Å². The van der Waals surface area contributed by atoms with E-state index in [9.17, 15) is 9.59 Å². The van der Waals surface area contributed by atoms with E-state index in [1.807, 2.05) is 45.0 Å². The molecule has 1 aromatic heterocycles. The van der Waals surface area contributed by atoms with Gasteiger partial charge in [0.15, 0.2) is 6.61 Å². The highest BCUT2D eigenvalue weighted by atomic mass is 16.5. The number of amides is 1. The van der Waals surface area contributed by atoms with Crippen molar-refractivity contribution < 1.29 is 14.3 Å². The Balaban J connectivity index is 1.90. The van der Waals surface area contributed by atoms with Crippen LogP contribution in [0.3, 0.4) is 0 Å². The van der Waals surface area contributed by atoms with Crippen LogP contribution < -0.4 is 5.32 Å². The van der Waals surface area contributed by atoms with Crippen molar-refractivity contribution in [2.24, 2.45) is 17.3 Å². The van der Waals surface area contributed by atoms with Crippen molar-refractivity contribution in [2.45, 2.75) is 66.8 Å². The van der Waals surface area contributed by atoms with Gasteiger partial charge in [0.05, 0.1) is 11.1 Å². The number of nitrogens with zero attached hydrogens (tertiary/aromatic N) is 1. The first kappa shape index (κ1) is 22.3. The molecule has 0 fully saturated rings. The lowest BCUT2D eigenvalue weighted by Crippen LogP contribution is -2.38. The number of fused-ring (bicyclic) bond motifs is 2. The molecule has 1 amide bonds. The molecule has 1 N–H and O–H groups in total. The van der Waals surface area contributed by atoms with E-state index in [2.05, 4.69) is 26.1 Å². The number of ether oxygens (including phenoxy) is 1. The summed E-state index contributed by atoms with van der Waals surface area (Å²) in [6.07, 6.45) is 2.72. The second-order valence-electron chi connectivity index (χ2n) is 9.91. The van der Waals surface area contributed by atoms with Gasteiger partial charge in [-0.05, 0) is 55.1 Å². The third-order valence-corrected chi connectivity index (χ3v) is 6.41. The maximum atomic E-state index is 13.2. The number of aryl methyl sites for hydroxylation is 1. The lowest BCUT2D eigenvalue weighted by atomic mass is 9.70. The fourth-order valence-corrected chi connectivity index (χ4v) is 4.03. The fraction of sp³-hybridized carbons (Fsp3) is 0.560. The highest BCUT2D eigenvalue weighted by Crippen LogP contribution is 2.39. The number of hydrogen-bond donors (Lipinski definition) is 1. The van der Waals surface area contributed by atoms with Crippen LogP contribution in [0.15, 0.2) is 24.3 Å². The van der Waals surface area contributed by atoms with Gasteiger partial charge in [0.25, 0.3) is 5.91 Å². The first-order valence-electron chi connectivity index (χ1n) is 10.9. The van der Waals surface area contributed by atoms with Gasteiger partial charge in [-0.1, -0.05) is 52.8 Å². The minimum absolute atomic E-state index is 0.0262. The van der Waals surface area contributed by atoms with E-state index >= 15 is 0 Å². The first-order chi connectivity index (χ1) is 14.1. The van der Waals surface area contributed by atoms with Gasteiger partial charge >= 0.3 is 5.97 Å². The Morgan fingerprint density at radius 1 is 1.20 bits per heavy atom. The van der Waals surface area contributed by atoms with Crippen LogP contribution in [0.5, 0.6) is 0 Å². The summed E-state index contributed by atoms with van der Waals surface area (Å²) in [5.41, 5.74) is 3.50. The minimum Gasteiger partial charge on any atom is -0.452 e. The number of pyridine rings is 1. The molecule has 5 nitrogen and oxygen atoms in total. The van der Waals surface area contributed by atoms with Gasteiger partial charge in [-0.25, -0.2) is 4.79 Å². The monoisotopic (exact) mass is 410 g/mol. The molecule has 0 saturated heterocycles. The normalized spacial score (nSPS) is 17.5. The van der Waals surface area contributed by atoms with E-state index in [-0.39, 0.29) is 24.0 Å². The number of carbonyl (C=O) groups excluding carboxylic acids is 2. The predicted octanol–water partition coefficient (Wildman–Crippen LogP) is 4.70. The van der Waals surface area contributed by atoms with Crippen LogP contribution in [-0.2, 0) is 22.4 Å². The number of aromatic nitrogens is 1. The number of nitrogens with one attached hydrogen (secondary N) is 1. The molecule has 1 aliphatic carbocycles. The molecule has 0 aliphatic heterocycles. The Morgan fingerprint density at radius 2 is 1.90 bits per heavy atom. The number of esters is 1. The Morgan fingerprint density at radius 3 is 2.57 bits per heavy atom.